The monoisotopic (exact) mass is 296 g/mol. The average Bonchev–Trinajstić information content (AvgIpc) is 2.90. The SMILES string of the molecule is O=C(O)c1ccc(CC2CCc3ccccc32)c(C(=O)O)c1. The summed E-state index contributed by atoms with van der Waals surface area (Å²) < 4.78 is 0. The Bertz CT molecular complexity index is 749. The molecule has 112 valence electrons. The maximum absolute atomic E-state index is 11.4. The molecule has 1 atom stereocenters. The highest BCUT2D eigenvalue weighted by molar-refractivity contribution is 5.94. The molecular weight excluding hydrogens is 280 g/mol. The summed E-state index contributed by atoms with van der Waals surface area (Å²) in [4.78, 5) is 22.4. The molecule has 4 nitrogen and oxygen atoms in total. The van der Waals surface area contributed by atoms with Crippen LogP contribution in [0.2, 0.25) is 0 Å². The van der Waals surface area contributed by atoms with Gasteiger partial charge in [-0.25, -0.2) is 9.59 Å². The number of aromatic carboxylic acids is 2. The first-order valence-electron chi connectivity index (χ1n) is 7.23. The van der Waals surface area contributed by atoms with E-state index in [-0.39, 0.29) is 11.1 Å². The largest absolute Gasteiger partial charge is 0.478 e. The van der Waals surface area contributed by atoms with Crippen molar-refractivity contribution in [2.75, 3.05) is 0 Å². The molecule has 0 aliphatic heterocycles. The topological polar surface area (TPSA) is 74.6 Å². The van der Waals surface area contributed by atoms with Crippen LogP contribution in [0.15, 0.2) is 42.5 Å². The summed E-state index contributed by atoms with van der Waals surface area (Å²) in [5.41, 5.74) is 3.39. The molecule has 22 heavy (non-hydrogen) atoms. The van der Waals surface area contributed by atoms with Crippen LogP contribution >= 0.6 is 0 Å². The Kier molecular flexibility index (Phi) is 3.67. The first kappa shape index (κ1) is 14.3. The fourth-order valence-corrected chi connectivity index (χ4v) is 3.21. The van der Waals surface area contributed by atoms with Crippen molar-refractivity contribution in [2.24, 2.45) is 0 Å². The Morgan fingerprint density at radius 3 is 2.55 bits per heavy atom. The lowest BCUT2D eigenvalue weighted by Crippen LogP contribution is -2.09. The van der Waals surface area contributed by atoms with Crippen LogP contribution in [0.1, 0.15) is 49.7 Å². The van der Waals surface area contributed by atoms with Crippen LogP contribution in [0.5, 0.6) is 0 Å². The third-order valence-corrected chi connectivity index (χ3v) is 4.31. The molecule has 2 aromatic carbocycles. The average molecular weight is 296 g/mol. The number of carboxylic acids is 2. The van der Waals surface area contributed by atoms with E-state index in [2.05, 4.69) is 12.1 Å². The lowest BCUT2D eigenvalue weighted by molar-refractivity contribution is 0.0695. The van der Waals surface area contributed by atoms with E-state index < -0.39 is 11.9 Å². The maximum Gasteiger partial charge on any atom is 0.335 e. The number of hydrogen-bond donors (Lipinski definition) is 2. The third-order valence-electron chi connectivity index (χ3n) is 4.31. The summed E-state index contributed by atoms with van der Waals surface area (Å²) in [6, 6.07) is 12.6. The summed E-state index contributed by atoms with van der Waals surface area (Å²) in [6.07, 6.45) is 2.63. The van der Waals surface area contributed by atoms with E-state index in [4.69, 9.17) is 5.11 Å². The quantitative estimate of drug-likeness (QED) is 0.907. The number of aryl methyl sites for hydroxylation is 1. The zero-order valence-corrected chi connectivity index (χ0v) is 12.0. The third kappa shape index (κ3) is 2.60. The molecule has 0 spiro atoms. The van der Waals surface area contributed by atoms with E-state index in [1.165, 1.54) is 23.3 Å². The molecule has 1 aliphatic rings. The molecule has 1 aliphatic carbocycles. The van der Waals surface area contributed by atoms with Crippen molar-refractivity contribution >= 4 is 11.9 Å². The van der Waals surface area contributed by atoms with Gasteiger partial charge < -0.3 is 10.2 Å². The summed E-state index contributed by atoms with van der Waals surface area (Å²) >= 11 is 0. The van der Waals surface area contributed by atoms with Gasteiger partial charge in [-0.3, -0.25) is 0 Å². The second-order valence-corrected chi connectivity index (χ2v) is 5.62. The van der Waals surface area contributed by atoms with Crippen molar-refractivity contribution in [3.63, 3.8) is 0 Å². The van der Waals surface area contributed by atoms with Crippen LogP contribution in [0.25, 0.3) is 0 Å². The van der Waals surface area contributed by atoms with E-state index >= 15 is 0 Å². The minimum atomic E-state index is -1.11. The predicted octanol–water partition coefficient (Wildman–Crippen LogP) is 3.36. The molecule has 3 rings (SSSR count). The van der Waals surface area contributed by atoms with E-state index in [1.807, 2.05) is 12.1 Å². The van der Waals surface area contributed by atoms with Crippen molar-refractivity contribution in [3.8, 4) is 0 Å². The van der Waals surface area contributed by atoms with Gasteiger partial charge in [0.1, 0.15) is 0 Å². The van der Waals surface area contributed by atoms with Gasteiger partial charge in [0.05, 0.1) is 11.1 Å². The van der Waals surface area contributed by atoms with Crippen molar-refractivity contribution in [1.82, 2.24) is 0 Å². The lowest BCUT2D eigenvalue weighted by atomic mass is 9.90. The molecule has 1 unspecified atom stereocenters. The molecule has 0 saturated heterocycles. The summed E-state index contributed by atoms with van der Waals surface area (Å²) in [5, 5.41) is 18.4. The summed E-state index contributed by atoms with van der Waals surface area (Å²) in [5.74, 6) is -1.89. The van der Waals surface area contributed by atoms with Crippen LogP contribution in [0.4, 0.5) is 0 Å². The fraction of sp³-hybridized carbons (Fsp3) is 0.222. The van der Waals surface area contributed by atoms with Gasteiger partial charge in [-0.15, -0.1) is 0 Å². The molecule has 0 saturated carbocycles. The summed E-state index contributed by atoms with van der Waals surface area (Å²) in [6.45, 7) is 0. The minimum absolute atomic E-state index is 0.00738. The molecule has 0 aromatic heterocycles. The highest BCUT2D eigenvalue weighted by Crippen LogP contribution is 2.36. The summed E-state index contributed by atoms with van der Waals surface area (Å²) in [7, 11) is 0. The Morgan fingerprint density at radius 2 is 1.82 bits per heavy atom. The van der Waals surface area contributed by atoms with Gasteiger partial charge in [0, 0.05) is 0 Å². The van der Waals surface area contributed by atoms with Gasteiger partial charge in [0.2, 0.25) is 0 Å². The number of hydrogen-bond acceptors (Lipinski definition) is 2. The van der Waals surface area contributed by atoms with Crippen molar-refractivity contribution < 1.29 is 19.8 Å². The number of fused-ring (bicyclic) bond motifs is 1. The van der Waals surface area contributed by atoms with Gasteiger partial charge in [0.25, 0.3) is 0 Å². The van der Waals surface area contributed by atoms with Crippen LogP contribution in [0, 0.1) is 0 Å². The highest BCUT2D eigenvalue weighted by atomic mass is 16.4. The molecule has 4 heteroatoms. The molecule has 0 heterocycles. The fourth-order valence-electron chi connectivity index (χ4n) is 3.21. The molecule has 0 amide bonds. The van der Waals surface area contributed by atoms with E-state index in [0.29, 0.717) is 17.9 Å². The number of rotatable bonds is 4. The van der Waals surface area contributed by atoms with Crippen molar-refractivity contribution in [1.29, 1.82) is 0 Å². The zero-order valence-electron chi connectivity index (χ0n) is 12.0. The lowest BCUT2D eigenvalue weighted by Gasteiger charge is -2.14. The van der Waals surface area contributed by atoms with Crippen LogP contribution in [-0.4, -0.2) is 22.2 Å². The smallest absolute Gasteiger partial charge is 0.335 e. The molecule has 2 N–H and O–H groups in total. The normalized spacial score (nSPS) is 16.3. The molecular formula is C18H16O4. The Labute approximate surface area is 128 Å². The predicted molar refractivity (Wildman–Crippen MR) is 81.6 cm³/mol. The Balaban J connectivity index is 1.93. The number of carboxylic acid groups (broad SMARTS) is 2. The Morgan fingerprint density at radius 1 is 1.05 bits per heavy atom. The molecule has 0 radical (unpaired) electrons. The van der Waals surface area contributed by atoms with Crippen molar-refractivity contribution in [3.05, 3.63) is 70.3 Å². The Hall–Kier alpha value is -2.62. The maximum atomic E-state index is 11.4. The van der Waals surface area contributed by atoms with Crippen molar-refractivity contribution in [2.45, 2.75) is 25.2 Å². The van der Waals surface area contributed by atoms with Crippen LogP contribution in [-0.2, 0) is 12.8 Å². The van der Waals surface area contributed by atoms with Gasteiger partial charge in [-0.1, -0.05) is 30.3 Å². The van der Waals surface area contributed by atoms with E-state index in [9.17, 15) is 14.7 Å². The van der Waals surface area contributed by atoms with Gasteiger partial charge in [0.15, 0.2) is 0 Å². The standard InChI is InChI=1S/C18H16O4/c19-17(20)14-8-7-13(16(10-14)18(21)22)9-12-6-5-11-3-1-2-4-15(11)12/h1-4,7-8,10,12H,5-6,9H2,(H,19,20)(H,21,22). The van der Waals surface area contributed by atoms with E-state index in [0.717, 1.165) is 12.8 Å². The molecule has 2 aromatic rings. The van der Waals surface area contributed by atoms with Gasteiger partial charge >= 0.3 is 11.9 Å². The molecule has 0 bridgehead atoms. The van der Waals surface area contributed by atoms with E-state index in [1.54, 1.807) is 6.07 Å². The second kappa shape index (κ2) is 5.64. The zero-order chi connectivity index (χ0) is 15.7. The first-order valence-corrected chi connectivity index (χ1v) is 7.23. The van der Waals surface area contributed by atoms with Crippen LogP contribution in [0.3, 0.4) is 0 Å². The molecule has 0 fully saturated rings. The number of benzene rings is 2. The minimum Gasteiger partial charge on any atom is -0.478 e. The highest BCUT2D eigenvalue weighted by Gasteiger charge is 2.24. The van der Waals surface area contributed by atoms with Crippen LogP contribution < -0.4 is 0 Å². The van der Waals surface area contributed by atoms with Gasteiger partial charge in [-0.05, 0) is 54.0 Å². The first-order chi connectivity index (χ1) is 10.6. The number of carbonyl (C=O) groups is 2. The second-order valence-electron chi connectivity index (χ2n) is 5.62. The van der Waals surface area contributed by atoms with Gasteiger partial charge in [-0.2, -0.15) is 0 Å².